The van der Waals surface area contributed by atoms with Crippen LogP contribution in [0.3, 0.4) is 0 Å². The van der Waals surface area contributed by atoms with Gasteiger partial charge in [0.1, 0.15) is 11.8 Å². The van der Waals surface area contributed by atoms with Gasteiger partial charge in [0.25, 0.3) is 0 Å². The van der Waals surface area contributed by atoms with Crippen LogP contribution in [0, 0.1) is 17.5 Å². The number of nitrogens with one attached hydrogen (secondary N) is 1. The molecule has 1 heterocycles. The van der Waals surface area contributed by atoms with Crippen molar-refractivity contribution in [3.05, 3.63) is 29.1 Å². The summed E-state index contributed by atoms with van der Waals surface area (Å²) in [5.41, 5.74) is -1.29. The Morgan fingerprint density at radius 2 is 1.57 bits per heavy atom. The number of piperazine rings is 1. The third-order valence-electron chi connectivity index (χ3n) is 3.28. The summed E-state index contributed by atoms with van der Waals surface area (Å²) in [6, 6.07) is -2.39. The Balaban J connectivity index is 0.00000242. The van der Waals surface area contributed by atoms with E-state index in [-0.39, 0.29) is 57.1 Å². The molecule has 1 atom stereocenters. The van der Waals surface area contributed by atoms with Gasteiger partial charge in [-0.1, -0.05) is 0 Å². The van der Waals surface area contributed by atoms with Gasteiger partial charge in [-0.3, -0.25) is 4.90 Å². The summed E-state index contributed by atoms with van der Waals surface area (Å²) in [5.74, 6) is -7.05. The molecule has 1 saturated heterocycles. The zero-order valence-corrected chi connectivity index (χ0v) is 13.1. The standard InChI is InChI=1S/C12H12F6N2O.2ClH/c13-6-5-7(21)8(10(15)9(6)14)11(12(16,17)18)20-3-1-19-2-4-20;;/h5,11,19,21H,1-4H2;2*1H/t11-;;/m1../s1. The van der Waals surface area contributed by atoms with Crippen molar-refractivity contribution >= 4 is 24.8 Å². The van der Waals surface area contributed by atoms with E-state index < -0.39 is 41.0 Å². The van der Waals surface area contributed by atoms with Crippen molar-refractivity contribution in [1.29, 1.82) is 0 Å². The van der Waals surface area contributed by atoms with E-state index in [0.29, 0.717) is 0 Å². The van der Waals surface area contributed by atoms with Crippen molar-refractivity contribution in [3.8, 4) is 5.75 Å². The number of halogens is 8. The maximum Gasteiger partial charge on any atom is 0.408 e. The number of hydrogen-bond acceptors (Lipinski definition) is 3. The van der Waals surface area contributed by atoms with Gasteiger partial charge in [0.05, 0.1) is 5.56 Å². The zero-order valence-electron chi connectivity index (χ0n) is 11.5. The van der Waals surface area contributed by atoms with Gasteiger partial charge in [-0.25, -0.2) is 13.2 Å². The fourth-order valence-electron chi connectivity index (χ4n) is 2.35. The average Bonchev–Trinajstić information content (AvgIpc) is 2.40. The number of hydrogen-bond donors (Lipinski definition) is 2. The minimum Gasteiger partial charge on any atom is -0.507 e. The molecule has 1 aromatic rings. The molecular formula is C12H14Cl2F6N2O. The summed E-state index contributed by atoms with van der Waals surface area (Å²) < 4.78 is 79.6. The number of benzene rings is 1. The largest absolute Gasteiger partial charge is 0.507 e. The smallest absolute Gasteiger partial charge is 0.408 e. The summed E-state index contributed by atoms with van der Waals surface area (Å²) in [7, 11) is 0. The van der Waals surface area contributed by atoms with Gasteiger partial charge in [-0.2, -0.15) is 13.2 Å². The SMILES string of the molecule is Cl.Cl.Oc1cc(F)c(F)c(F)c1[C@@H](N1CCNCC1)C(F)(F)F. The first-order valence-corrected chi connectivity index (χ1v) is 6.11. The average molecular weight is 387 g/mol. The third kappa shape index (κ3) is 4.56. The lowest BCUT2D eigenvalue weighted by molar-refractivity contribution is -0.189. The topological polar surface area (TPSA) is 35.5 Å². The second-order valence-corrected chi connectivity index (χ2v) is 4.65. The molecule has 2 N–H and O–H groups in total. The van der Waals surface area contributed by atoms with Crippen molar-refractivity contribution in [1.82, 2.24) is 10.2 Å². The van der Waals surface area contributed by atoms with Crippen molar-refractivity contribution in [2.24, 2.45) is 0 Å². The summed E-state index contributed by atoms with van der Waals surface area (Å²) in [6.45, 7) is 0.335. The van der Waals surface area contributed by atoms with Crippen LogP contribution in [0.4, 0.5) is 26.3 Å². The van der Waals surface area contributed by atoms with Gasteiger partial charge in [-0.15, -0.1) is 24.8 Å². The van der Waals surface area contributed by atoms with Crippen molar-refractivity contribution in [3.63, 3.8) is 0 Å². The molecule has 0 saturated carbocycles. The molecule has 1 fully saturated rings. The second-order valence-electron chi connectivity index (χ2n) is 4.65. The van der Waals surface area contributed by atoms with Crippen LogP contribution in [0.2, 0.25) is 0 Å². The minimum atomic E-state index is -4.94. The van der Waals surface area contributed by atoms with E-state index in [1.54, 1.807) is 0 Å². The molecule has 2 rings (SSSR count). The zero-order chi connectivity index (χ0) is 15.8. The monoisotopic (exact) mass is 386 g/mol. The lowest BCUT2D eigenvalue weighted by Gasteiger charge is -2.36. The number of phenols is 1. The molecule has 0 spiro atoms. The van der Waals surface area contributed by atoms with Crippen LogP contribution >= 0.6 is 24.8 Å². The van der Waals surface area contributed by atoms with Crippen LogP contribution in [0.25, 0.3) is 0 Å². The Bertz CT molecular complexity index is 537. The summed E-state index contributed by atoms with van der Waals surface area (Å²) in [4.78, 5) is 0.867. The fraction of sp³-hybridized carbons (Fsp3) is 0.500. The molecule has 0 amide bonds. The highest BCUT2D eigenvalue weighted by atomic mass is 35.5. The molecule has 23 heavy (non-hydrogen) atoms. The summed E-state index contributed by atoms with van der Waals surface area (Å²) in [6.07, 6.45) is -4.94. The highest BCUT2D eigenvalue weighted by molar-refractivity contribution is 5.85. The fourth-order valence-corrected chi connectivity index (χ4v) is 2.35. The highest BCUT2D eigenvalue weighted by Gasteiger charge is 2.48. The van der Waals surface area contributed by atoms with Crippen molar-refractivity contribution in [2.75, 3.05) is 26.2 Å². The normalized spacial score (nSPS) is 17.1. The summed E-state index contributed by atoms with van der Waals surface area (Å²) in [5, 5.41) is 12.3. The molecule has 0 radical (unpaired) electrons. The van der Waals surface area contributed by atoms with E-state index in [2.05, 4.69) is 5.32 Å². The molecule has 1 aliphatic heterocycles. The van der Waals surface area contributed by atoms with E-state index in [1.165, 1.54) is 0 Å². The van der Waals surface area contributed by atoms with Gasteiger partial charge < -0.3 is 10.4 Å². The van der Waals surface area contributed by atoms with Crippen LogP contribution in [0.15, 0.2) is 6.07 Å². The van der Waals surface area contributed by atoms with Gasteiger partial charge >= 0.3 is 6.18 Å². The van der Waals surface area contributed by atoms with Gasteiger partial charge in [0, 0.05) is 32.2 Å². The Morgan fingerprint density at radius 3 is 2.04 bits per heavy atom. The Kier molecular flexibility index (Phi) is 7.95. The predicted molar refractivity (Wildman–Crippen MR) is 75.7 cm³/mol. The van der Waals surface area contributed by atoms with E-state index in [9.17, 15) is 31.4 Å². The molecule has 0 aromatic heterocycles. The predicted octanol–water partition coefficient (Wildman–Crippen LogP) is 3.16. The van der Waals surface area contributed by atoms with Gasteiger partial charge in [-0.05, 0) is 0 Å². The molecule has 1 aliphatic rings. The highest BCUT2D eigenvalue weighted by Crippen LogP contribution is 2.43. The quantitative estimate of drug-likeness (QED) is 0.605. The number of phenolic OH excluding ortho intramolecular Hbond substituents is 1. The van der Waals surface area contributed by atoms with E-state index in [1.807, 2.05) is 0 Å². The third-order valence-corrected chi connectivity index (χ3v) is 3.28. The Morgan fingerprint density at radius 1 is 1.04 bits per heavy atom. The number of nitrogens with zero attached hydrogens (tertiary/aromatic N) is 1. The lowest BCUT2D eigenvalue weighted by Crippen LogP contribution is -2.49. The number of rotatable bonds is 2. The maximum atomic E-state index is 13.7. The minimum absolute atomic E-state index is 0. The Labute approximate surface area is 140 Å². The van der Waals surface area contributed by atoms with Crippen LogP contribution in [-0.2, 0) is 0 Å². The molecule has 11 heteroatoms. The lowest BCUT2D eigenvalue weighted by atomic mass is 10.0. The van der Waals surface area contributed by atoms with Crippen LogP contribution in [-0.4, -0.2) is 42.4 Å². The van der Waals surface area contributed by atoms with Crippen LogP contribution in [0.1, 0.15) is 11.6 Å². The van der Waals surface area contributed by atoms with E-state index >= 15 is 0 Å². The molecule has 134 valence electrons. The van der Waals surface area contributed by atoms with Crippen molar-refractivity contribution < 1.29 is 31.4 Å². The first kappa shape index (κ1) is 22.1. The first-order valence-electron chi connectivity index (χ1n) is 6.11. The second kappa shape index (κ2) is 8.27. The van der Waals surface area contributed by atoms with E-state index in [4.69, 9.17) is 0 Å². The molecule has 3 nitrogen and oxygen atoms in total. The first-order chi connectivity index (χ1) is 9.73. The number of alkyl halides is 3. The molecule has 0 bridgehead atoms. The number of aromatic hydroxyl groups is 1. The molecular weight excluding hydrogens is 373 g/mol. The summed E-state index contributed by atoms with van der Waals surface area (Å²) >= 11 is 0. The van der Waals surface area contributed by atoms with Crippen molar-refractivity contribution in [2.45, 2.75) is 12.2 Å². The van der Waals surface area contributed by atoms with Crippen LogP contribution in [0.5, 0.6) is 5.75 Å². The maximum absolute atomic E-state index is 13.7. The van der Waals surface area contributed by atoms with Gasteiger partial charge in [0.2, 0.25) is 0 Å². The van der Waals surface area contributed by atoms with Crippen LogP contribution < -0.4 is 5.32 Å². The molecule has 1 aromatic carbocycles. The molecule has 0 unspecified atom stereocenters. The van der Waals surface area contributed by atoms with E-state index in [0.717, 1.165) is 4.90 Å². The van der Waals surface area contributed by atoms with Gasteiger partial charge in [0.15, 0.2) is 17.5 Å². The molecule has 0 aliphatic carbocycles. The Hall–Kier alpha value is -0.900.